The van der Waals surface area contributed by atoms with Gasteiger partial charge in [0.2, 0.25) is 5.91 Å². The Kier molecular flexibility index (Phi) is 5.55. The molecule has 0 radical (unpaired) electrons. The van der Waals surface area contributed by atoms with Gasteiger partial charge in [-0.25, -0.2) is 0 Å². The summed E-state index contributed by atoms with van der Waals surface area (Å²) >= 11 is 0. The summed E-state index contributed by atoms with van der Waals surface area (Å²) in [6.07, 6.45) is 0. The van der Waals surface area contributed by atoms with Gasteiger partial charge in [0.25, 0.3) is 0 Å². The van der Waals surface area contributed by atoms with Crippen molar-refractivity contribution < 1.29 is 19.8 Å². The van der Waals surface area contributed by atoms with Crippen molar-refractivity contribution >= 4 is 11.9 Å². The summed E-state index contributed by atoms with van der Waals surface area (Å²) < 4.78 is 0. The third-order valence-corrected chi connectivity index (χ3v) is 3.23. The number of carboxylic acid groups (broad SMARTS) is 1. The van der Waals surface area contributed by atoms with Gasteiger partial charge in [-0.1, -0.05) is 26.0 Å². The molecule has 20 heavy (non-hydrogen) atoms. The van der Waals surface area contributed by atoms with Crippen LogP contribution in [-0.2, 0) is 9.59 Å². The fourth-order valence-corrected chi connectivity index (χ4v) is 2.34. The number of amides is 1. The predicted molar refractivity (Wildman–Crippen MR) is 75.5 cm³/mol. The van der Waals surface area contributed by atoms with E-state index in [0.717, 1.165) is 0 Å². The highest BCUT2D eigenvalue weighted by molar-refractivity contribution is 5.89. The summed E-state index contributed by atoms with van der Waals surface area (Å²) in [5, 5.41) is 21.6. The minimum absolute atomic E-state index is 0.0182. The van der Waals surface area contributed by atoms with Crippen LogP contribution < -0.4 is 5.32 Å². The average Bonchev–Trinajstić information content (AvgIpc) is 2.34. The van der Waals surface area contributed by atoms with Crippen LogP contribution in [0.3, 0.4) is 0 Å². The number of carbonyl (C=O) groups excluding carboxylic acids is 1. The molecule has 5 heteroatoms. The molecule has 0 saturated heterocycles. The lowest BCUT2D eigenvalue weighted by Gasteiger charge is -2.26. The number of phenolic OH excluding ortho intramolecular Hbond substituents is 1. The second-order valence-electron chi connectivity index (χ2n) is 5.08. The van der Waals surface area contributed by atoms with Gasteiger partial charge in [-0.15, -0.1) is 0 Å². The van der Waals surface area contributed by atoms with Crippen molar-refractivity contribution in [2.75, 3.05) is 6.54 Å². The van der Waals surface area contributed by atoms with Crippen LogP contribution in [0.25, 0.3) is 0 Å². The number of aromatic hydroxyl groups is 1. The number of phenols is 1. The lowest BCUT2D eigenvalue weighted by atomic mass is 9.78. The number of hydrogen-bond donors (Lipinski definition) is 3. The SMILES string of the molecule is CCNC(=O)C(c1cccc(O)c1)[C@@H](C(=O)O)C(C)C. The van der Waals surface area contributed by atoms with E-state index in [1.165, 1.54) is 12.1 Å². The molecule has 1 aromatic rings. The van der Waals surface area contributed by atoms with Gasteiger partial charge in [0.15, 0.2) is 0 Å². The first kappa shape index (κ1) is 16.0. The van der Waals surface area contributed by atoms with Crippen molar-refractivity contribution in [3.8, 4) is 5.75 Å². The molecule has 0 aliphatic carbocycles. The van der Waals surface area contributed by atoms with Gasteiger partial charge in [0, 0.05) is 6.54 Å². The Labute approximate surface area is 118 Å². The number of carboxylic acids is 1. The molecule has 0 bridgehead atoms. The Morgan fingerprint density at radius 1 is 1.30 bits per heavy atom. The Hall–Kier alpha value is -2.04. The maximum absolute atomic E-state index is 12.2. The summed E-state index contributed by atoms with van der Waals surface area (Å²) in [6, 6.07) is 6.20. The molecule has 0 aliphatic rings. The first-order valence-electron chi connectivity index (χ1n) is 6.67. The summed E-state index contributed by atoms with van der Waals surface area (Å²) in [7, 11) is 0. The molecule has 0 aliphatic heterocycles. The van der Waals surface area contributed by atoms with Crippen molar-refractivity contribution in [3.05, 3.63) is 29.8 Å². The molecule has 110 valence electrons. The second kappa shape index (κ2) is 6.93. The molecule has 2 atom stereocenters. The molecule has 1 aromatic carbocycles. The third kappa shape index (κ3) is 3.73. The van der Waals surface area contributed by atoms with Crippen molar-refractivity contribution in [2.24, 2.45) is 11.8 Å². The lowest BCUT2D eigenvalue weighted by molar-refractivity contribution is -0.147. The first-order chi connectivity index (χ1) is 9.38. The quantitative estimate of drug-likeness (QED) is 0.743. The van der Waals surface area contributed by atoms with Crippen molar-refractivity contribution in [3.63, 3.8) is 0 Å². The fourth-order valence-electron chi connectivity index (χ4n) is 2.34. The minimum Gasteiger partial charge on any atom is -0.508 e. The topological polar surface area (TPSA) is 86.6 Å². The lowest BCUT2D eigenvalue weighted by Crippen LogP contribution is -2.38. The number of rotatable bonds is 6. The van der Waals surface area contributed by atoms with Crippen molar-refractivity contribution in [2.45, 2.75) is 26.7 Å². The largest absolute Gasteiger partial charge is 0.508 e. The number of hydrogen-bond acceptors (Lipinski definition) is 3. The molecular weight excluding hydrogens is 258 g/mol. The summed E-state index contributed by atoms with van der Waals surface area (Å²) in [4.78, 5) is 23.8. The molecular formula is C15H21NO4. The monoisotopic (exact) mass is 279 g/mol. The van der Waals surface area contributed by atoms with Crippen LogP contribution in [0.5, 0.6) is 5.75 Å². The Balaban J connectivity index is 3.26. The van der Waals surface area contributed by atoms with E-state index in [2.05, 4.69) is 5.32 Å². The molecule has 0 fully saturated rings. The molecule has 0 aromatic heterocycles. The molecule has 1 unspecified atom stereocenters. The van der Waals surface area contributed by atoms with Gasteiger partial charge < -0.3 is 15.5 Å². The van der Waals surface area contributed by atoms with Gasteiger partial charge in [0.05, 0.1) is 11.8 Å². The zero-order valence-corrected chi connectivity index (χ0v) is 12.0. The zero-order chi connectivity index (χ0) is 15.3. The van der Waals surface area contributed by atoms with Gasteiger partial charge in [-0.3, -0.25) is 9.59 Å². The second-order valence-corrected chi connectivity index (χ2v) is 5.08. The van der Waals surface area contributed by atoms with E-state index < -0.39 is 17.8 Å². The highest BCUT2D eigenvalue weighted by Crippen LogP contribution is 2.32. The van der Waals surface area contributed by atoms with Crippen LogP contribution in [-0.4, -0.2) is 28.6 Å². The van der Waals surface area contributed by atoms with Gasteiger partial charge in [0.1, 0.15) is 5.75 Å². The standard InChI is InChI=1S/C15H21NO4/c1-4-16-14(18)13(12(9(2)3)15(19)20)10-6-5-7-11(17)8-10/h5-9,12-13,17H,4H2,1-3H3,(H,16,18)(H,19,20)/t12-,13?/m0/s1. The van der Waals surface area contributed by atoms with E-state index in [0.29, 0.717) is 12.1 Å². The van der Waals surface area contributed by atoms with Crippen LogP contribution in [0.1, 0.15) is 32.3 Å². The maximum atomic E-state index is 12.2. The Bertz CT molecular complexity index is 485. The molecule has 5 nitrogen and oxygen atoms in total. The number of carbonyl (C=O) groups is 2. The number of benzene rings is 1. The molecule has 1 amide bonds. The highest BCUT2D eigenvalue weighted by atomic mass is 16.4. The number of aliphatic carboxylic acids is 1. The highest BCUT2D eigenvalue weighted by Gasteiger charge is 2.37. The minimum atomic E-state index is -1.01. The molecule has 1 rings (SSSR count). The molecule has 3 N–H and O–H groups in total. The molecule has 0 saturated carbocycles. The number of nitrogens with one attached hydrogen (secondary N) is 1. The van der Waals surface area contributed by atoms with E-state index >= 15 is 0 Å². The van der Waals surface area contributed by atoms with E-state index in [9.17, 15) is 19.8 Å². The average molecular weight is 279 g/mol. The summed E-state index contributed by atoms with van der Waals surface area (Å²) in [5.41, 5.74) is 0.511. The van der Waals surface area contributed by atoms with Crippen molar-refractivity contribution in [1.82, 2.24) is 5.32 Å². The molecule has 0 spiro atoms. The van der Waals surface area contributed by atoms with E-state index in [1.54, 1.807) is 32.9 Å². The van der Waals surface area contributed by atoms with Gasteiger partial charge in [-0.05, 0) is 30.5 Å². The van der Waals surface area contributed by atoms with Crippen LogP contribution in [0.2, 0.25) is 0 Å². The van der Waals surface area contributed by atoms with E-state index in [-0.39, 0.29) is 17.6 Å². The van der Waals surface area contributed by atoms with Crippen molar-refractivity contribution in [1.29, 1.82) is 0 Å². The Morgan fingerprint density at radius 3 is 2.40 bits per heavy atom. The van der Waals surface area contributed by atoms with Gasteiger partial charge in [-0.2, -0.15) is 0 Å². The van der Waals surface area contributed by atoms with Gasteiger partial charge >= 0.3 is 5.97 Å². The fraction of sp³-hybridized carbons (Fsp3) is 0.467. The first-order valence-corrected chi connectivity index (χ1v) is 6.67. The van der Waals surface area contributed by atoms with E-state index in [4.69, 9.17) is 0 Å². The number of likely N-dealkylation sites (N-methyl/N-ethyl adjacent to an activating group) is 1. The maximum Gasteiger partial charge on any atom is 0.307 e. The Morgan fingerprint density at radius 2 is 1.95 bits per heavy atom. The van der Waals surface area contributed by atoms with Crippen LogP contribution in [0.4, 0.5) is 0 Å². The smallest absolute Gasteiger partial charge is 0.307 e. The predicted octanol–water partition coefficient (Wildman–Crippen LogP) is 1.97. The van der Waals surface area contributed by atoms with Crippen LogP contribution >= 0.6 is 0 Å². The van der Waals surface area contributed by atoms with Crippen LogP contribution in [0, 0.1) is 11.8 Å². The third-order valence-electron chi connectivity index (χ3n) is 3.23. The summed E-state index contributed by atoms with van der Waals surface area (Å²) in [5.74, 6) is -3.20. The zero-order valence-electron chi connectivity index (χ0n) is 12.0. The molecule has 0 heterocycles. The van der Waals surface area contributed by atoms with Crippen LogP contribution in [0.15, 0.2) is 24.3 Å². The summed E-state index contributed by atoms with van der Waals surface area (Å²) in [6.45, 7) is 5.75. The normalized spacial score (nSPS) is 13.8. The van der Waals surface area contributed by atoms with E-state index in [1.807, 2.05) is 0 Å².